The molecule has 4 aromatic rings. The molecule has 1 aromatic heterocycles. The number of aromatic nitrogens is 2. The Balaban J connectivity index is 1.33. The number of morpholine rings is 2. The molecular weight excluding hydrogens is 424 g/mol. The maximum atomic E-state index is 6.13. The van der Waals surface area contributed by atoms with Crippen LogP contribution < -0.4 is 9.80 Å². The van der Waals surface area contributed by atoms with Gasteiger partial charge in [0.2, 0.25) is 5.95 Å². The summed E-state index contributed by atoms with van der Waals surface area (Å²) in [5.74, 6) is 1.74. The molecule has 0 N–H and O–H groups in total. The Bertz CT molecular complexity index is 1250. The van der Waals surface area contributed by atoms with Gasteiger partial charge in [-0.2, -0.15) is 4.98 Å². The fourth-order valence-electron chi connectivity index (χ4n) is 4.84. The maximum absolute atomic E-state index is 6.13. The summed E-state index contributed by atoms with van der Waals surface area (Å²) in [6.45, 7) is 4.40. The molecule has 3 aromatic carbocycles. The van der Waals surface area contributed by atoms with Crippen LogP contribution in [0.15, 0.2) is 84.9 Å². The van der Waals surface area contributed by atoms with Gasteiger partial charge in [-0.3, -0.25) is 0 Å². The quantitative estimate of drug-likeness (QED) is 0.444. The first-order valence-corrected chi connectivity index (χ1v) is 11.9. The Kier molecular flexibility index (Phi) is 5.83. The molecule has 6 nitrogen and oxygen atoms in total. The van der Waals surface area contributed by atoms with E-state index < -0.39 is 0 Å². The van der Waals surface area contributed by atoms with Gasteiger partial charge in [-0.05, 0) is 23.3 Å². The predicted octanol–water partition coefficient (Wildman–Crippen LogP) is 4.79. The lowest BCUT2D eigenvalue weighted by Gasteiger charge is -2.36. The van der Waals surface area contributed by atoms with Crippen molar-refractivity contribution in [2.75, 3.05) is 49.2 Å². The number of para-hydroxylation sites is 1. The van der Waals surface area contributed by atoms with Crippen LogP contribution in [0.2, 0.25) is 0 Å². The van der Waals surface area contributed by atoms with Crippen molar-refractivity contribution in [3.63, 3.8) is 0 Å². The van der Waals surface area contributed by atoms with E-state index in [-0.39, 0.29) is 12.2 Å². The Morgan fingerprint density at radius 1 is 0.618 bits per heavy atom. The minimum Gasteiger partial charge on any atom is -0.370 e. The summed E-state index contributed by atoms with van der Waals surface area (Å²) in [6.07, 6.45) is 0.0392. The van der Waals surface area contributed by atoms with Crippen molar-refractivity contribution in [1.82, 2.24) is 9.97 Å². The lowest BCUT2D eigenvalue weighted by Crippen LogP contribution is -2.41. The van der Waals surface area contributed by atoms with Gasteiger partial charge in [-0.25, -0.2) is 4.98 Å². The Morgan fingerprint density at radius 2 is 1.18 bits per heavy atom. The molecule has 6 rings (SSSR count). The molecule has 2 atom stereocenters. The number of fused-ring (bicyclic) bond motifs is 1. The largest absolute Gasteiger partial charge is 0.370 e. The maximum Gasteiger partial charge on any atom is 0.228 e. The second-order valence-electron chi connectivity index (χ2n) is 8.80. The third-order valence-corrected chi connectivity index (χ3v) is 6.63. The minimum atomic E-state index is 0.0133. The molecule has 0 radical (unpaired) electrons. The van der Waals surface area contributed by atoms with Crippen LogP contribution in [-0.4, -0.2) is 49.4 Å². The zero-order valence-corrected chi connectivity index (χ0v) is 19.1. The first kappa shape index (κ1) is 21.1. The SMILES string of the molecule is c1ccc(C2CN(c3nc(N4CCOC(c5ccccc5)C4)c4ccccc4n3)CCO2)cc1. The van der Waals surface area contributed by atoms with Gasteiger partial charge in [0.25, 0.3) is 0 Å². The third-order valence-electron chi connectivity index (χ3n) is 6.63. The highest BCUT2D eigenvalue weighted by Crippen LogP contribution is 2.32. The molecule has 0 amide bonds. The van der Waals surface area contributed by atoms with Crippen molar-refractivity contribution in [3.8, 4) is 0 Å². The number of benzene rings is 3. The average Bonchev–Trinajstić information content (AvgIpc) is 2.93. The van der Waals surface area contributed by atoms with Crippen LogP contribution in [0.4, 0.5) is 11.8 Å². The van der Waals surface area contributed by atoms with E-state index in [4.69, 9.17) is 19.4 Å². The fraction of sp³-hybridized carbons (Fsp3) is 0.286. The topological polar surface area (TPSA) is 50.7 Å². The summed E-state index contributed by atoms with van der Waals surface area (Å²) in [4.78, 5) is 14.7. The van der Waals surface area contributed by atoms with Crippen molar-refractivity contribution in [2.24, 2.45) is 0 Å². The summed E-state index contributed by atoms with van der Waals surface area (Å²) in [5.41, 5.74) is 3.35. The van der Waals surface area contributed by atoms with E-state index in [1.165, 1.54) is 11.1 Å². The van der Waals surface area contributed by atoms with Gasteiger partial charge in [-0.15, -0.1) is 0 Å². The highest BCUT2D eigenvalue weighted by Gasteiger charge is 2.28. The predicted molar refractivity (Wildman–Crippen MR) is 134 cm³/mol. The zero-order valence-electron chi connectivity index (χ0n) is 19.1. The fourth-order valence-corrected chi connectivity index (χ4v) is 4.84. The van der Waals surface area contributed by atoms with Crippen LogP contribution in [0, 0.1) is 0 Å². The lowest BCUT2D eigenvalue weighted by atomic mass is 10.1. The molecule has 0 bridgehead atoms. The number of ether oxygens (including phenoxy) is 2. The van der Waals surface area contributed by atoms with Crippen LogP contribution >= 0.6 is 0 Å². The standard InChI is InChI=1S/C28H28N4O2/c1-3-9-21(10-4-1)25-19-31(15-17-33-25)27-23-13-7-8-14-24(23)29-28(30-27)32-16-18-34-26(20-32)22-11-5-2-6-12-22/h1-14,25-26H,15-20H2. The van der Waals surface area contributed by atoms with Gasteiger partial charge in [0.05, 0.1) is 25.3 Å². The second kappa shape index (κ2) is 9.41. The molecular formula is C28H28N4O2. The van der Waals surface area contributed by atoms with Crippen molar-refractivity contribution in [2.45, 2.75) is 12.2 Å². The van der Waals surface area contributed by atoms with Crippen LogP contribution in [-0.2, 0) is 9.47 Å². The van der Waals surface area contributed by atoms with Crippen LogP contribution in [0.3, 0.4) is 0 Å². The molecule has 2 saturated heterocycles. The first-order valence-electron chi connectivity index (χ1n) is 11.9. The highest BCUT2D eigenvalue weighted by atomic mass is 16.5. The van der Waals surface area contributed by atoms with Gasteiger partial charge >= 0.3 is 0 Å². The molecule has 0 saturated carbocycles. The second-order valence-corrected chi connectivity index (χ2v) is 8.80. The van der Waals surface area contributed by atoms with E-state index in [1.807, 2.05) is 18.2 Å². The molecule has 2 aliphatic heterocycles. The van der Waals surface area contributed by atoms with Crippen LogP contribution in [0.25, 0.3) is 10.9 Å². The van der Waals surface area contributed by atoms with Gasteiger partial charge in [0.1, 0.15) is 18.0 Å². The molecule has 2 unspecified atom stereocenters. The molecule has 34 heavy (non-hydrogen) atoms. The smallest absolute Gasteiger partial charge is 0.228 e. The minimum absolute atomic E-state index is 0.0133. The summed E-state index contributed by atoms with van der Waals surface area (Å²) >= 11 is 0. The van der Waals surface area contributed by atoms with E-state index in [9.17, 15) is 0 Å². The molecule has 2 fully saturated rings. The number of nitrogens with zero attached hydrogens (tertiary/aromatic N) is 4. The monoisotopic (exact) mass is 452 g/mol. The van der Waals surface area contributed by atoms with E-state index in [1.54, 1.807) is 0 Å². The van der Waals surface area contributed by atoms with Crippen molar-refractivity contribution < 1.29 is 9.47 Å². The molecule has 0 spiro atoms. The van der Waals surface area contributed by atoms with Crippen molar-refractivity contribution in [1.29, 1.82) is 0 Å². The Labute approximate surface area is 199 Å². The van der Waals surface area contributed by atoms with Gasteiger partial charge < -0.3 is 19.3 Å². The van der Waals surface area contributed by atoms with E-state index in [0.717, 1.165) is 48.8 Å². The summed E-state index contributed by atoms with van der Waals surface area (Å²) in [6, 6.07) is 29.1. The van der Waals surface area contributed by atoms with Crippen molar-refractivity contribution >= 4 is 22.7 Å². The number of hydrogen-bond donors (Lipinski definition) is 0. The molecule has 0 aliphatic carbocycles. The molecule has 2 aliphatic rings. The van der Waals surface area contributed by atoms with E-state index >= 15 is 0 Å². The van der Waals surface area contributed by atoms with E-state index in [0.29, 0.717) is 13.2 Å². The normalized spacial score (nSPS) is 21.1. The summed E-state index contributed by atoms with van der Waals surface area (Å²) in [7, 11) is 0. The van der Waals surface area contributed by atoms with Crippen LogP contribution in [0.5, 0.6) is 0 Å². The van der Waals surface area contributed by atoms with Crippen LogP contribution in [0.1, 0.15) is 23.3 Å². The summed E-state index contributed by atoms with van der Waals surface area (Å²) in [5, 5.41) is 1.08. The van der Waals surface area contributed by atoms with Gasteiger partial charge in [0, 0.05) is 25.0 Å². The highest BCUT2D eigenvalue weighted by molar-refractivity contribution is 5.90. The Hall–Kier alpha value is -3.48. The average molecular weight is 453 g/mol. The third kappa shape index (κ3) is 4.22. The molecule has 6 heteroatoms. The summed E-state index contributed by atoms with van der Waals surface area (Å²) < 4.78 is 12.2. The Morgan fingerprint density at radius 3 is 1.85 bits per heavy atom. The lowest BCUT2D eigenvalue weighted by molar-refractivity contribution is 0.0388. The zero-order chi connectivity index (χ0) is 22.7. The molecule has 172 valence electrons. The first-order chi connectivity index (χ1) is 16.8. The number of hydrogen-bond acceptors (Lipinski definition) is 6. The number of anilines is 2. The van der Waals surface area contributed by atoms with Gasteiger partial charge in [-0.1, -0.05) is 72.8 Å². The van der Waals surface area contributed by atoms with Crippen molar-refractivity contribution in [3.05, 3.63) is 96.1 Å². The van der Waals surface area contributed by atoms with E-state index in [2.05, 4.69) is 76.5 Å². The van der Waals surface area contributed by atoms with Gasteiger partial charge in [0.15, 0.2) is 0 Å². The molecule has 3 heterocycles. The number of rotatable bonds is 4.